The molecule has 0 aliphatic rings. The lowest BCUT2D eigenvalue weighted by Gasteiger charge is -2.32. The van der Waals surface area contributed by atoms with Crippen LogP contribution < -0.4 is 10.1 Å². The largest absolute Gasteiger partial charge is 0.490 e. The molecular formula is C16H25F2NO2. The fourth-order valence-electron chi connectivity index (χ4n) is 2.22. The maximum atomic E-state index is 13.4. The number of ether oxygens (including phenoxy) is 1. The van der Waals surface area contributed by atoms with Gasteiger partial charge in [-0.05, 0) is 44.4 Å². The summed E-state index contributed by atoms with van der Waals surface area (Å²) in [6.45, 7) is 5.27. The number of benzene rings is 1. The van der Waals surface area contributed by atoms with Gasteiger partial charge < -0.3 is 15.2 Å². The second kappa shape index (κ2) is 8.95. The predicted octanol–water partition coefficient (Wildman–Crippen LogP) is 3.26. The Balaban J connectivity index is 2.45. The minimum Gasteiger partial charge on any atom is -0.490 e. The summed E-state index contributed by atoms with van der Waals surface area (Å²) in [5, 5.41) is 12.9. The van der Waals surface area contributed by atoms with Crippen LogP contribution in [0.2, 0.25) is 0 Å². The molecule has 0 radical (unpaired) electrons. The number of halogens is 2. The third-order valence-electron chi connectivity index (χ3n) is 3.70. The van der Waals surface area contributed by atoms with Crippen LogP contribution in [0.15, 0.2) is 18.2 Å². The van der Waals surface area contributed by atoms with Gasteiger partial charge in [0.25, 0.3) is 0 Å². The van der Waals surface area contributed by atoms with Gasteiger partial charge in [0.05, 0.1) is 13.2 Å². The highest BCUT2D eigenvalue weighted by molar-refractivity contribution is 5.24. The summed E-state index contributed by atoms with van der Waals surface area (Å²) in [5.41, 5.74) is -0.320. The first kappa shape index (κ1) is 17.9. The molecule has 5 heteroatoms. The van der Waals surface area contributed by atoms with Crippen molar-refractivity contribution in [2.45, 2.75) is 45.1 Å². The van der Waals surface area contributed by atoms with Crippen molar-refractivity contribution >= 4 is 0 Å². The van der Waals surface area contributed by atoms with E-state index in [1.165, 1.54) is 12.1 Å². The first-order valence-corrected chi connectivity index (χ1v) is 7.51. The highest BCUT2D eigenvalue weighted by atomic mass is 19.2. The Morgan fingerprint density at radius 1 is 1.29 bits per heavy atom. The summed E-state index contributed by atoms with van der Waals surface area (Å²) in [7, 11) is 0. The Morgan fingerprint density at radius 3 is 2.67 bits per heavy atom. The Kier molecular flexibility index (Phi) is 7.61. The highest BCUT2D eigenvalue weighted by Gasteiger charge is 2.25. The van der Waals surface area contributed by atoms with E-state index in [0.29, 0.717) is 6.42 Å². The number of hydrogen-bond donors (Lipinski definition) is 2. The Bertz CT molecular complexity index is 423. The predicted molar refractivity (Wildman–Crippen MR) is 79.5 cm³/mol. The first-order valence-electron chi connectivity index (χ1n) is 7.51. The summed E-state index contributed by atoms with van der Waals surface area (Å²) >= 11 is 0. The Labute approximate surface area is 125 Å². The molecule has 0 aliphatic heterocycles. The summed E-state index contributed by atoms with van der Waals surface area (Å²) < 4.78 is 31.7. The number of hydrogen-bond acceptors (Lipinski definition) is 3. The smallest absolute Gasteiger partial charge is 0.200 e. The fraction of sp³-hybridized carbons (Fsp3) is 0.625. The second-order valence-electron chi connectivity index (χ2n) is 5.22. The van der Waals surface area contributed by atoms with Crippen molar-refractivity contribution in [1.29, 1.82) is 0 Å². The van der Waals surface area contributed by atoms with E-state index in [0.717, 1.165) is 31.9 Å². The lowest BCUT2D eigenvalue weighted by atomic mass is 9.91. The molecule has 0 amide bonds. The van der Waals surface area contributed by atoms with Gasteiger partial charge in [0.15, 0.2) is 11.6 Å². The maximum absolute atomic E-state index is 13.4. The van der Waals surface area contributed by atoms with Crippen molar-refractivity contribution in [2.24, 2.45) is 0 Å². The van der Waals surface area contributed by atoms with E-state index in [2.05, 4.69) is 12.2 Å². The number of aliphatic hydroxyl groups is 1. The summed E-state index contributed by atoms with van der Waals surface area (Å²) in [6, 6.07) is 3.89. The number of rotatable bonds is 10. The molecule has 0 heterocycles. The fourth-order valence-corrected chi connectivity index (χ4v) is 2.22. The van der Waals surface area contributed by atoms with E-state index in [4.69, 9.17) is 4.74 Å². The number of nitrogens with one attached hydrogen (secondary N) is 1. The molecule has 120 valence electrons. The highest BCUT2D eigenvalue weighted by Crippen LogP contribution is 2.21. The van der Waals surface area contributed by atoms with Crippen LogP contribution in [0.25, 0.3) is 0 Å². The van der Waals surface area contributed by atoms with Gasteiger partial charge in [0, 0.05) is 5.54 Å². The monoisotopic (exact) mass is 301 g/mol. The molecule has 1 rings (SSSR count). The van der Waals surface area contributed by atoms with Crippen LogP contribution in [-0.4, -0.2) is 30.4 Å². The molecule has 3 nitrogen and oxygen atoms in total. The van der Waals surface area contributed by atoms with Crippen molar-refractivity contribution < 1.29 is 18.6 Å². The topological polar surface area (TPSA) is 41.5 Å². The second-order valence-corrected chi connectivity index (χ2v) is 5.22. The maximum Gasteiger partial charge on any atom is 0.200 e. The molecule has 0 saturated carbocycles. The molecule has 0 aromatic heterocycles. The minimum absolute atomic E-state index is 0.0534. The molecule has 0 bridgehead atoms. The van der Waals surface area contributed by atoms with Crippen molar-refractivity contribution in [3.8, 4) is 5.75 Å². The van der Waals surface area contributed by atoms with Crippen LogP contribution in [0.3, 0.4) is 0 Å². The van der Waals surface area contributed by atoms with E-state index in [1.807, 2.05) is 6.92 Å². The zero-order valence-corrected chi connectivity index (χ0v) is 12.8. The first-order chi connectivity index (χ1) is 10.1. The summed E-state index contributed by atoms with van der Waals surface area (Å²) in [6.07, 6.45) is 3.17. The van der Waals surface area contributed by atoms with Gasteiger partial charge in [0.1, 0.15) is 0 Å². The number of aliphatic hydroxyl groups excluding tert-OH is 1. The van der Waals surface area contributed by atoms with Gasteiger partial charge in [0.2, 0.25) is 5.82 Å². The molecule has 0 saturated heterocycles. The Morgan fingerprint density at radius 2 is 2.05 bits per heavy atom. The van der Waals surface area contributed by atoms with E-state index < -0.39 is 11.6 Å². The molecule has 0 fully saturated rings. The van der Waals surface area contributed by atoms with Gasteiger partial charge in [-0.15, -0.1) is 0 Å². The molecule has 0 aliphatic carbocycles. The third kappa shape index (κ3) is 5.25. The van der Waals surface area contributed by atoms with E-state index in [-0.39, 0.29) is 24.5 Å². The lowest BCUT2D eigenvalue weighted by Crippen LogP contribution is -2.48. The molecule has 21 heavy (non-hydrogen) atoms. The minimum atomic E-state index is -0.953. The third-order valence-corrected chi connectivity index (χ3v) is 3.70. The standard InChI is InChI=1S/C16H25F2NO2/c1-3-10-19-16(4-2,12-20)9-6-11-21-14-8-5-7-13(17)15(14)18/h5,7-8,19-20H,3-4,6,9-12H2,1-2H3. The van der Waals surface area contributed by atoms with Crippen molar-refractivity contribution in [1.82, 2.24) is 5.32 Å². The SMILES string of the molecule is CCCNC(CC)(CO)CCCOc1cccc(F)c1F. The average molecular weight is 301 g/mol. The quantitative estimate of drug-likeness (QED) is 0.652. The zero-order valence-electron chi connectivity index (χ0n) is 12.8. The molecule has 1 unspecified atom stereocenters. The van der Waals surface area contributed by atoms with Crippen LogP contribution in [0.5, 0.6) is 5.75 Å². The molecule has 1 aromatic rings. The van der Waals surface area contributed by atoms with E-state index in [1.54, 1.807) is 0 Å². The molecular weight excluding hydrogens is 276 g/mol. The average Bonchev–Trinajstić information content (AvgIpc) is 2.51. The van der Waals surface area contributed by atoms with E-state index in [9.17, 15) is 13.9 Å². The molecule has 2 N–H and O–H groups in total. The Hall–Kier alpha value is -1.20. The lowest BCUT2D eigenvalue weighted by molar-refractivity contribution is 0.137. The molecule has 1 atom stereocenters. The summed E-state index contributed by atoms with van der Waals surface area (Å²) in [4.78, 5) is 0. The van der Waals surface area contributed by atoms with Crippen molar-refractivity contribution in [3.63, 3.8) is 0 Å². The van der Waals surface area contributed by atoms with Crippen LogP contribution in [0.1, 0.15) is 39.5 Å². The van der Waals surface area contributed by atoms with Gasteiger partial charge in [-0.2, -0.15) is 4.39 Å². The van der Waals surface area contributed by atoms with Crippen molar-refractivity contribution in [2.75, 3.05) is 19.8 Å². The molecule has 0 spiro atoms. The van der Waals surface area contributed by atoms with Crippen molar-refractivity contribution in [3.05, 3.63) is 29.8 Å². The van der Waals surface area contributed by atoms with Crippen LogP contribution in [0, 0.1) is 11.6 Å². The van der Waals surface area contributed by atoms with Gasteiger partial charge in [-0.25, -0.2) is 4.39 Å². The zero-order chi connectivity index (χ0) is 15.7. The van der Waals surface area contributed by atoms with E-state index >= 15 is 0 Å². The van der Waals surface area contributed by atoms with Crippen LogP contribution >= 0.6 is 0 Å². The van der Waals surface area contributed by atoms with Gasteiger partial charge >= 0.3 is 0 Å². The summed E-state index contributed by atoms with van der Waals surface area (Å²) in [5.74, 6) is -1.93. The molecule has 1 aromatic carbocycles. The van der Waals surface area contributed by atoms with Crippen LogP contribution in [-0.2, 0) is 0 Å². The normalized spacial score (nSPS) is 14.0. The van der Waals surface area contributed by atoms with Crippen LogP contribution in [0.4, 0.5) is 8.78 Å². The van der Waals surface area contributed by atoms with Gasteiger partial charge in [-0.3, -0.25) is 0 Å². The van der Waals surface area contributed by atoms with Gasteiger partial charge in [-0.1, -0.05) is 19.9 Å².